The molecule has 2 saturated carbocycles. The number of hydrogen-bond acceptors (Lipinski definition) is 10. The Morgan fingerprint density at radius 2 is 0.793 bits per heavy atom. The van der Waals surface area contributed by atoms with Gasteiger partial charge in [-0.1, -0.05) is 38.5 Å². The molecule has 0 aromatic carbocycles. The molecular weight excluding hydrogens is 426 g/mol. The summed E-state index contributed by atoms with van der Waals surface area (Å²) in [5.41, 5.74) is -2.33. The molecule has 29 heavy (non-hydrogen) atoms. The van der Waals surface area contributed by atoms with Crippen molar-refractivity contribution in [3.63, 3.8) is 0 Å². The molecule has 0 aromatic rings. The van der Waals surface area contributed by atoms with E-state index in [0.717, 1.165) is 51.4 Å². The number of hydrogen-bond donors (Lipinski definition) is 10. The first-order chi connectivity index (χ1) is 13.6. The van der Waals surface area contributed by atoms with Gasteiger partial charge in [0.05, 0.1) is 30.8 Å². The molecule has 0 amide bonds. The van der Waals surface area contributed by atoms with E-state index >= 15 is 0 Å². The SMILES string of the molecule is OCC(CO)(CO)C(O)(C1CCCCC1)C1CCCCC1.OP(O)O.OP(O)O. The zero-order valence-corrected chi connectivity index (χ0v) is 18.5. The molecule has 2 rings (SSSR count). The number of aliphatic hydroxyl groups excluding tert-OH is 3. The fourth-order valence-electron chi connectivity index (χ4n) is 4.81. The third-order valence-electron chi connectivity index (χ3n) is 6.21. The zero-order valence-electron chi connectivity index (χ0n) is 16.7. The van der Waals surface area contributed by atoms with E-state index in [1.807, 2.05) is 0 Å². The van der Waals surface area contributed by atoms with Gasteiger partial charge in [-0.15, -0.1) is 0 Å². The van der Waals surface area contributed by atoms with Crippen molar-refractivity contribution >= 4 is 17.2 Å². The van der Waals surface area contributed by atoms with Gasteiger partial charge in [0.15, 0.2) is 0 Å². The largest absolute Gasteiger partial charge is 0.395 e. The van der Waals surface area contributed by atoms with Crippen LogP contribution < -0.4 is 0 Å². The van der Waals surface area contributed by atoms with Crippen molar-refractivity contribution in [2.24, 2.45) is 17.3 Å². The molecule has 2 aliphatic carbocycles. The number of aliphatic hydroxyl groups is 4. The summed E-state index contributed by atoms with van der Waals surface area (Å²) in [6.07, 6.45) is 10.5. The fourth-order valence-corrected chi connectivity index (χ4v) is 4.81. The van der Waals surface area contributed by atoms with E-state index in [0.29, 0.717) is 0 Å². The lowest BCUT2D eigenvalue weighted by Crippen LogP contribution is -2.64. The molecule has 0 saturated heterocycles. The molecule has 10 N–H and O–H groups in total. The summed E-state index contributed by atoms with van der Waals surface area (Å²) >= 11 is 0. The Kier molecular flexibility index (Phi) is 15.5. The molecule has 0 bridgehead atoms. The maximum Gasteiger partial charge on any atom is 0.324 e. The second-order valence-electron chi connectivity index (χ2n) is 7.79. The maximum absolute atomic E-state index is 11.7. The first kappa shape index (κ1) is 29.5. The van der Waals surface area contributed by atoms with Gasteiger partial charge in [-0.05, 0) is 37.5 Å². The van der Waals surface area contributed by atoms with Gasteiger partial charge in [-0.25, -0.2) is 0 Å². The van der Waals surface area contributed by atoms with E-state index in [4.69, 9.17) is 29.4 Å². The summed E-state index contributed by atoms with van der Waals surface area (Å²) in [6.45, 7) is -1.07. The van der Waals surface area contributed by atoms with E-state index in [-0.39, 0.29) is 31.7 Å². The smallest absolute Gasteiger partial charge is 0.324 e. The van der Waals surface area contributed by atoms with Gasteiger partial charge in [0.2, 0.25) is 0 Å². The summed E-state index contributed by atoms with van der Waals surface area (Å²) < 4.78 is 0. The van der Waals surface area contributed by atoms with Crippen LogP contribution in [0.5, 0.6) is 0 Å². The van der Waals surface area contributed by atoms with Crippen molar-refractivity contribution in [1.29, 1.82) is 0 Å². The van der Waals surface area contributed by atoms with Crippen molar-refractivity contribution in [2.45, 2.75) is 69.8 Å². The molecule has 176 valence electrons. The van der Waals surface area contributed by atoms with Gasteiger partial charge in [0.25, 0.3) is 0 Å². The quantitative estimate of drug-likeness (QED) is 0.242. The van der Waals surface area contributed by atoms with E-state index in [1.54, 1.807) is 0 Å². The Bertz CT molecular complexity index is 360. The van der Waals surface area contributed by atoms with Gasteiger partial charge in [0, 0.05) is 0 Å². The molecule has 0 aromatic heterocycles. The van der Waals surface area contributed by atoms with Crippen LogP contribution in [0.1, 0.15) is 64.2 Å². The summed E-state index contributed by atoms with van der Waals surface area (Å²) in [6, 6.07) is 0. The summed E-state index contributed by atoms with van der Waals surface area (Å²) in [5.74, 6) is 0.168. The molecule has 0 atom stereocenters. The molecule has 0 radical (unpaired) electrons. The van der Waals surface area contributed by atoms with Crippen LogP contribution in [0.2, 0.25) is 0 Å². The first-order valence-corrected chi connectivity index (χ1v) is 12.3. The Labute approximate surface area is 174 Å². The third-order valence-corrected chi connectivity index (χ3v) is 6.21. The summed E-state index contributed by atoms with van der Waals surface area (Å²) in [4.78, 5) is 43.4. The van der Waals surface area contributed by atoms with Crippen molar-refractivity contribution in [3.8, 4) is 0 Å². The zero-order chi connectivity index (χ0) is 22.5. The standard InChI is InChI=1S/C17H32O4.2H3O3P/c18-11-16(12-19,13-20)17(21,14-7-3-1-4-8-14)15-9-5-2-6-10-15;2*1-4(2)3/h14-15,18-21H,1-13H2;2*1-3H. The third kappa shape index (κ3) is 9.23. The highest BCUT2D eigenvalue weighted by Crippen LogP contribution is 2.51. The van der Waals surface area contributed by atoms with Crippen molar-refractivity contribution in [1.82, 2.24) is 0 Å². The highest BCUT2D eigenvalue weighted by molar-refractivity contribution is 7.38. The molecule has 0 aliphatic heterocycles. The van der Waals surface area contributed by atoms with Crippen LogP contribution in [0, 0.1) is 17.3 Å². The van der Waals surface area contributed by atoms with Crippen LogP contribution in [0.3, 0.4) is 0 Å². The second-order valence-corrected chi connectivity index (χ2v) is 8.86. The molecule has 2 aliphatic rings. The van der Waals surface area contributed by atoms with Crippen molar-refractivity contribution < 1.29 is 49.8 Å². The molecule has 12 heteroatoms. The van der Waals surface area contributed by atoms with Gasteiger partial charge in [0.1, 0.15) is 0 Å². The fraction of sp³-hybridized carbons (Fsp3) is 1.00. The Balaban J connectivity index is 0.000000837. The van der Waals surface area contributed by atoms with Crippen LogP contribution >= 0.6 is 17.2 Å². The highest BCUT2D eigenvalue weighted by atomic mass is 31.2. The predicted molar refractivity (Wildman–Crippen MR) is 109 cm³/mol. The second kappa shape index (κ2) is 15.3. The lowest BCUT2D eigenvalue weighted by atomic mass is 9.55. The molecule has 0 heterocycles. The summed E-state index contributed by atoms with van der Waals surface area (Å²) in [7, 11) is -5.24. The van der Waals surface area contributed by atoms with E-state index in [9.17, 15) is 20.4 Å². The minimum absolute atomic E-state index is 0.0841. The van der Waals surface area contributed by atoms with Gasteiger partial charge < -0.3 is 49.8 Å². The Morgan fingerprint density at radius 3 is 1.00 bits per heavy atom. The minimum Gasteiger partial charge on any atom is -0.395 e. The lowest BCUT2D eigenvalue weighted by Gasteiger charge is -2.55. The average Bonchev–Trinajstić information content (AvgIpc) is 2.70. The summed E-state index contributed by atoms with van der Waals surface area (Å²) in [5, 5.41) is 41.4. The lowest BCUT2D eigenvalue weighted by molar-refractivity contribution is -0.220. The molecule has 2 fully saturated rings. The van der Waals surface area contributed by atoms with Crippen LogP contribution in [-0.4, -0.2) is 75.2 Å². The van der Waals surface area contributed by atoms with Crippen LogP contribution in [0.25, 0.3) is 0 Å². The van der Waals surface area contributed by atoms with Crippen LogP contribution in [-0.2, 0) is 0 Å². The Hall–Kier alpha value is 0.460. The first-order valence-electron chi connectivity index (χ1n) is 9.89. The monoisotopic (exact) mass is 464 g/mol. The Morgan fingerprint density at radius 1 is 0.552 bits per heavy atom. The van der Waals surface area contributed by atoms with Crippen LogP contribution in [0.15, 0.2) is 0 Å². The topological polar surface area (TPSA) is 202 Å². The van der Waals surface area contributed by atoms with E-state index < -0.39 is 28.2 Å². The van der Waals surface area contributed by atoms with Gasteiger partial charge in [-0.2, -0.15) is 0 Å². The van der Waals surface area contributed by atoms with Crippen molar-refractivity contribution in [2.75, 3.05) is 19.8 Å². The van der Waals surface area contributed by atoms with Crippen LogP contribution in [0.4, 0.5) is 0 Å². The molecule has 10 nitrogen and oxygen atoms in total. The van der Waals surface area contributed by atoms with Crippen molar-refractivity contribution in [3.05, 3.63) is 0 Å². The molecule has 0 spiro atoms. The molecule has 0 unspecified atom stereocenters. The van der Waals surface area contributed by atoms with Gasteiger partial charge >= 0.3 is 17.2 Å². The van der Waals surface area contributed by atoms with E-state index in [1.165, 1.54) is 12.8 Å². The normalized spacial score (nSPS) is 19.4. The van der Waals surface area contributed by atoms with Gasteiger partial charge in [-0.3, -0.25) is 0 Å². The highest BCUT2D eigenvalue weighted by Gasteiger charge is 2.57. The number of rotatable bonds is 6. The van der Waals surface area contributed by atoms with E-state index in [2.05, 4.69) is 0 Å². The minimum atomic E-state index is -2.62. The average molecular weight is 464 g/mol. The predicted octanol–water partition coefficient (Wildman–Crippen LogP) is 0.222. The molecular formula is C17H38O10P2. The maximum atomic E-state index is 11.7.